The zero-order valence-corrected chi connectivity index (χ0v) is 22.9. The molecule has 0 amide bonds. The standard InChI is InChI=1S/C30H44O7/c1-22-17-26-27(18-25(36-26)21-34-19-23-13-9-8-10-14-23)37-30(22,33-5)16-12-7-6-11-15-24(31)20-35-28(32)29(2,3)4/h7-15,22,24-27,31H,6,16-21H2,1-5H3/b12-7+,15-11-/t22-,24+,25+,26-,27-,30?/m1/s1. The Labute approximate surface area is 221 Å². The van der Waals surface area contributed by atoms with Gasteiger partial charge in [0.15, 0.2) is 5.79 Å². The predicted molar refractivity (Wildman–Crippen MR) is 142 cm³/mol. The molecule has 0 radical (unpaired) electrons. The molecular formula is C30H44O7. The second kappa shape index (κ2) is 13.7. The minimum atomic E-state index is -0.823. The molecule has 1 unspecified atom stereocenters. The van der Waals surface area contributed by atoms with Gasteiger partial charge in [-0.3, -0.25) is 4.79 Å². The molecule has 0 aromatic heterocycles. The third kappa shape index (κ3) is 8.76. The van der Waals surface area contributed by atoms with Gasteiger partial charge >= 0.3 is 5.97 Å². The van der Waals surface area contributed by atoms with Crippen LogP contribution in [0, 0.1) is 11.3 Å². The summed E-state index contributed by atoms with van der Waals surface area (Å²) in [6.45, 7) is 8.58. The van der Waals surface area contributed by atoms with E-state index >= 15 is 0 Å². The van der Waals surface area contributed by atoms with Gasteiger partial charge in [-0.15, -0.1) is 0 Å². The van der Waals surface area contributed by atoms with Gasteiger partial charge in [-0.25, -0.2) is 0 Å². The van der Waals surface area contributed by atoms with E-state index in [9.17, 15) is 9.90 Å². The molecule has 0 aliphatic carbocycles. The lowest BCUT2D eigenvalue weighted by Gasteiger charge is -2.45. The van der Waals surface area contributed by atoms with Crippen molar-refractivity contribution in [2.45, 2.75) is 90.2 Å². The monoisotopic (exact) mass is 516 g/mol. The number of carbonyl (C=O) groups is 1. The van der Waals surface area contributed by atoms with Gasteiger partial charge in [-0.2, -0.15) is 0 Å². The highest BCUT2D eigenvalue weighted by molar-refractivity contribution is 5.75. The van der Waals surface area contributed by atoms with E-state index in [1.165, 1.54) is 0 Å². The molecule has 7 nitrogen and oxygen atoms in total. The number of rotatable bonds is 12. The fraction of sp³-hybridized carbons (Fsp3) is 0.633. The summed E-state index contributed by atoms with van der Waals surface area (Å²) in [5.41, 5.74) is 0.574. The van der Waals surface area contributed by atoms with Crippen molar-refractivity contribution in [2.24, 2.45) is 11.3 Å². The molecule has 3 rings (SSSR count). The summed E-state index contributed by atoms with van der Waals surface area (Å²) in [5.74, 6) is -0.847. The Morgan fingerprint density at radius 1 is 1.16 bits per heavy atom. The number of aliphatic hydroxyl groups excluding tert-OH is 1. The number of benzene rings is 1. The van der Waals surface area contributed by atoms with Crippen LogP contribution < -0.4 is 0 Å². The molecule has 7 heteroatoms. The van der Waals surface area contributed by atoms with E-state index in [0.717, 1.165) is 18.4 Å². The molecule has 37 heavy (non-hydrogen) atoms. The Balaban J connectivity index is 1.41. The number of fused-ring (bicyclic) bond motifs is 1. The number of hydrogen-bond acceptors (Lipinski definition) is 7. The first kappa shape index (κ1) is 29.5. The van der Waals surface area contributed by atoms with Crippen LogP contribution in [0.1, 0.15) is 58.9 Å². The van der Waals surface area contributed by atoms with Gasteiger partial charge in [-0.1, -0.05) is 61.6 Å². The van der Waals surface area contributed by atoms with Crippen molar-refractivity contribution in [3.8, 4) is 0 Å². The number of ether oxygens (including phenoxy) is 5. The van der Waals surface area contributed by atoms with Gasteiger partial charge in [0.1, 0.15) is 12.7 Å². The van der Waals surface area contributed by atoms with E-state index in [1.54, 1.807) is 34.0 Å². The topological polar surface area (TPSA) is 83.5 Å². The third-order valence-electron chi connectivity index (χ3n) is 6.92. The summed E-state index contributed by atoms with van der Waals surface area (Å²) in [4.78, 5) is 11.8. The molecule has 206 valence electrons. The maximum absolute atomic E-state index is 11.8. The Hall–Kier alpha value is -2.03. The van der Waals surface area contributed by atoms with E-state index in [0.29, 0.717) is 26.1 Å². The summed E-state index contributed by atoms with van der Waals surface area (Å²) < 4.78 is 29.8. The molecule has 2 saturated heterocycles. The summed E-state index contributed by atoms with van der Waals surface area (Å²) in [6.07, 6.45) is 9.78. The predicted octanol–water partition coefficient (Wildman–Crippen LogP) is 4.97. The van der Waals surface area contributed by atoms with Crippen LogP contribution in [0.2, 0.25) is 0 Å². The normalized spacial score (nSPS) is 29.0. The highest BCUT2D eigenvalue weighted by Gasteiger charge is 2.50. The van der Waals surface area contributed by atoms with Gasteiger partial charge in [0.05, 0.1) is 36.9 Å². The molecule has 0 saturated carbocycles. The van der Waals surface area contributed by atoms with E-state index < -0.39 is 17.3 Å². The zero-order chi connectivity index (χ0) is 26.9. The van der Waals surface area contributed by atoms with Gasteiger partial charge in [-0.05, 0) is 39.2 Å². The molecule has 0 spiro atoms. The van der Waals surface area contributed by atoms with Crippen LogP contribution in [-0.2, 0) is 35.1 Å². The summed E-state index contributed by atoms with van der Waals surface area (Å²) in [5, 5.41) is 10.0. The lowest BCUT2D eigenvalue weighted by Crippen LogP contribution is -2.52. The number of carbonyl (C=O) groups excluding carboxylic acids is 1. The molecule has 1 aromatic carbocycles. The molecule has 2 fully saturated rings. The van der Waals surface area contributed by atoms with Gasteiger partial charge < -0.3 is 28.8 Å². The van der Waals surface area contributed by atoms with Crippen molar-refractivity contribution in [1.29, 1.82) is 0 Å². The van der Waals surface area contributed by atoms with E-state index in [4.69, 9.17) is 23.7 Å². The second-order valence-electron chi connectivity index (χ2n) is 11.1. The smallest absolute Gasteiger partial charge is 0.311 e. The highest BCUT2D eigenvalue weighted by Crippen LogP contribution is 2.43. The SMILES string of the molecule is COC1(C/C=C/C/C=C\[C@H](O)COC(=O)C(C)(C)C)O[C@@H]2C[C@@H](COCc3ccccc3)O[C@@H]2C[C@H]1C. The average Bonchev–Trinajstić information content (AvgIpc) is 3.25. The molecule has 2 heterocycles. The van der Waals surface area contributed by atoms with Crippen LogP contribution >= 0.6 is 0 Å². The molecule has 1 aromatic rings. The quantitative estimate of drug-likeness (QED) is 0.310. The van der Waals surface area contributed by atoms with Crippen LogP contribution in [0.3, 0.4) is 0 Å². The number of allylic oxidation sites excluding steroid dienone is 2. The number of methoxy groups -OCH3 is 1. The Kier molecular flexibility index (Phi) is 10.9. The van der Waals surface area contributed by atoms with Crippen molar-refractivity contribution in [3.05, 3.63) is 60.2 Å². The molecule has 2 aliphatic rings. The van der Waals surface area contributed by atoms with Gasteiger partial charge in [0.2, 0.25) is 0 Å². The van der Waals surface area contributed by atoms with E-state index in [1.807, 2.05) is 30.4 Å². The highest BCUT2D eigenvalue weighted by atomic mass is 16.7. The molecular weight excluding hydrogens is 472 g/mol. The van der Waals surface area contributed by atoms with Crippen LogP contribution in [-0.4, -0.2) is 61.6 Å². The largest absolute Gasteiger partial charge is 0.462 e. The first-order chi connectivity index (χ1) is 17.6. The Bertz CT molecular complexity index is 891. The molecule has 6 atom stereocenters. The minimum Gasteiger partial charge on any atom is -0.462 e. The van der Waals surface area contributed by atoms with Crippen LogP contribution in [0.15, 0.2) is 54.6 Å². The lowest BCUT2D eigenvalue weighted by molar-refractivity contribution is -0.302. The second-order valence-corrected chi connectivity index (χ2v) is 11.1. The van der Waals surface area contributed by atoms with E-state index in [-0.39, 0.29) is 36.8 Å². The first-order valence-corrected chi connectivity index (χ1v) is 13.3. The van der Waals surface area contributed by atoms with Crippen molar-refractivity contribution in [1.82, 2.24) is 0 Å². The first-order valence-electron chi connectivity index (χ1n) is 13.3. The number of hydrogen-bond donors (Lipinski definition) is 1. The van der Waals surface area contributed by atoms with Crippen molar-refractivity contribution >= 4 is 5.97 Å². The minimum absolute atomic E-state index is 0.0132. The summed E-state index contributed by atoms with van der Waals surface area (Å²) in [6, 6.07) is 10.1. The Morgan fingerprint density at radius 2 is 1.92 bits per heavy atom. The fourth-order valence-electron chi connectivity index (χ4n) is 4.70. The molecule has 1 N–H and O–H groups in total. The van der Waals surface area contributed by atoms with Gasteiger partial charge in [0.25, 0.3) is 0 Å². The third-order valence-corrected chi connectivity index (χ3v) is 6.92. The fourth-order valence-corrected chi connectivity index (χ4v) is 4.70. The van der Waals surface area contributed by atoms with Crippen molar-refractivity contribution in [2.75, 3.05) is 20.3 Å². The molecule has 0 bridgehead atoms. The number of aliphatic hydroxyl groups is 1. The molecule has 2 aliphatic heterocycles. The lowest BCUT2D eigenvalue weighted by atomic mass is 9.86. The number of esters is 1. The maximum Gasteiger partial charge on any atom is 0.311 e. The maximum atomic E-state index is 11.8. The van der Waals surface area contributed by atoms with E-state index in [2.05, 4.69) is 25.1 Å². The van der Waals surface area contributed by atoms with Crippen LogP contribution in [0.25, 0.3) is 0 Å². The zero-order valence-electron chi connectivity index (χ0n) is 22.9. The summed E-state index contributed by atoms with van der Waals surface area (Å²) >= 11 is 0. The summed E-state index contributed by atoms with van der Waals surface area (Å²) in [7, 11) is 1.70. The van der Waals surface area contributed by atoms with Crippen molar-refractivity contribution < 1.29 is 33.6 Å². The van der Waals surface area contributed by atoms with Crippen LogP contribution in [0.5, 0.6) is 0 Å². The van der Waals surface area contributed by atoms with Crippen molar-refractivity contribution in [3.63, 3.8) is 0 Å². The van der Waals surface area contributed by atoms with Gasteiger partial charge in [0, 0.05) is 25.9 Å². The average molecular weight is 517 g/mol. The van der Waals surface area contributed by atoms with Crippen LogP contribution in [0.4, 0.5) is 0 Å². The Morgan fingerprint density at radius 3 is 2.62 bits per heavy atom.